The normalized spacial score (nSPS) is 21.0. The fourth-order valence-corrected chi connectivity index (χ4v) is 3.95. The first-order valence-electron chi connectivity index (χ1n) is 6.61. The van der Waals surface area contributed by atoms with E-state index in [9.17, 15) is 9.59 Å². The number of carbonyl (C=O) groups excluding carboxylic acids is 1. The van der Waals surface area contributed by atoms with Gasteiger partial charge in [0.15, 0.2) is 0 Å². The van der Waals surface area contributed by atoms with Crippen molar-refractivity contribution in [2.75, 3.05) is 17.6 Å². The van der Waals surface area contributed by atoms with E-state index in [1.54, 1.807) is 12.1 Å². The standard InChI is InChI=1S/C14H17IN2O3S/c1-14(5-2-6-21-14)8-16-13(20)17-11-4-3-9(15)7-10(11)12(18)19/h3-4,7H,2,5-6,8H2,1H3,(H,18,19)(H2,16,17,20). The zero-order valence-electron chi connectivity index (χ0n) is 11.6. The van der Waals surface area contributed by atoms with E-state index < -0.39 is 5.97 Å². The van der Waals surface area contributed by atoms with Gasteiger partial charge in [-0.3, -0.25) is 0 Å². The summed E-state index contributed by atoms with van der Waals surface area (Å²) in [6, 6.07) is 4.53. The number of rotatable bonds is 4. The number of carbonyl (C=O) groups is 2. The van der Waals surface area contributed by atoms with E-state index in [2.05, 4.69) is 17.6 Å². The van der Waals surface area contributed by atoms with E-state index in [0.717, 1.165) is 15.7 Å². The molecular weight excluding hydrogens is 403 g/mol. The second-order valence-corrected chi connectivity index (χ2v) is 8.13. The van der Waals surface area contributed by atoms with Crippen molar-refractivity contribution < 1.29 is 14.7 Å². The second kappa shape index (κ2) is 6.87. The Labute approximate surface area is 141 Å². The molecule has 2 rings (SSSR count). The summed E-state index contributed by atoms with van der Waals surface area (Å²) in [6.45, 7) is 2.72. The van der Waals surface area contributed by atoms with E-state index in [1.165, 1.54) is 12.5 Å². The summed E-state index contributed by atoms with van der Waals surface area (Å²) in [5.74, 6) is 0.0715. The van der Waals surface area contributed by atoms with Gasteiger partial charge < -0.3 is 15.7 Å². The lowest BCUT2D eigenvalue weighted by Gasteiger charge is -2.23. The maximum Gasteiger partial charge on any atom is 0.337 e. The van der Waals surface area contributed by atoms with Gasteiger partial charge in [-0.15, -0.1) is 0 Å². The first-order chi connectivity index (χ1) is 9.89. The van der Waals surface area contributed by atoms with E-state index >= 15 is 0 Å². The van der Waals surface area contributed by atoms with Gasteiger partial charge in [0.05, 0.1) is 11.3 Å². The highest BCUT2D eigenvalue weighted by molar-refractivity contribution is 14.1. The quantitative estimate of drug-likeness (QED) is 0.653. The van der Waals surface area contributed by atoms with Gasteiger partial charge in [-0.05, 0) is 66.3 Å². The number of carboxylic acid groups (broad SMARTS) is 1. The van der Waals surface area contributed by atoms with Crippen molar-refractivity contribution >= 4 is 52.0 Å². The van der Waals surface area contributed by atoms with Crippen LogP contribution in [0.25, 0.3) is 0 Å². The molecule has 2 amide bonds. The molecule has 1 atom stereocenters. The molecule has 1 aliphatic heterocycles. The average molecular weight is 420 g/mol. The molecule has 114 valence electrons. The predicted molar refractivity (Wildman–Crippen MR) is 93.2 cm³/mol. The van der Waals surface area contributed by atoms with E-state index in [1.807, 2.05) is 34.4 Å². The summed E-state index contributed by atoms with van der Waals surface area (Å²) >= 11 is 3.90. The maximum atomic E-state index is 11.9. The van der Waals surface area contributed by atoms with Crippen LogP contribution in [0.2, 0.25) is 0 Å². The number of benzene rings is 1. The van der Waals surface area contributed by atoms with Gasteiger partial charge in [-0.1, -0.05) is 0 Å². The Morgan fingerprint density at radius 2 is 2.24 bits per heavy atom. The summed E-state index contributed by atoms with van der Waals surface area (Å²) in [5.41, 5.74) is 0.406. The molecule has 1 aromatic rings. The summed E-state index contributed by atoms with van der Waals surface area (Å²) in [4.78, 5) is 23.1. The number of hydrogen-bond acceptors (Lipinski definition) is 3. The first-order valence-corrected chi connectivity index (χ1v) is 8.68. The number of thioether (sulfide) groups is 1. The Morgan fingerprint density at radius 1 is 1.48 bits per heavy atom. The lowest BCUT2D eigenvalue weighted by atomic mass is 10.1. The van der Waals surface area contributed by atoms with E-state index in [4.69, 9.17) is 5.11 Å². The topological polar surface area (TPSA) is 78.4 Å². The molecule has 1 aliphatic rings. The third-order valence-corrected chi connectivity index (χ3v) is 5.59. The van der Waals surface area contributed by atoms with Crippen molar-refractivity contribution in [3.8, 4) is 0 Å². The zero-order valence-corrected chi connectivity index (χ0v) is 14.6. The number of nitrogens with one attached hydrogen (secondary N) is 2. The van der Waals surface area contributed by atoms with Gasteiger partial charge >= 0.3 is 12.0 Å². The van der Waals surface area contributed by atoms with Gasteiger partial charge in [-0.25, -0.2) is 9.59 Å². The van der Waals surface area contributed by atoms with Crippen molar-refractivity contribution in [1.29, 1.82) is 0 Å². The number of carboxylic acids is 1. The Balaban J connectivity index is 1.98. The molecule has 1 heterocycles. The van der Waals surface area contributed by atoms with Crippen LogP contribution in [-0.2, 0) is 0 Å². The predicted octanol–water partition coefficient (Wildman–Crippen LogP) is 3.40. The van der Waals surface area contributed by atoms with Gasteiger partial charge in [0.25, 0.3) is 0 Å². The lowest BCUT2D eigenvalue weighted by Crippen LogP contribution is -2.39. The van der Waals surface area contributed by atoms with Gasteiger partial charge in [-0.2, -0.15) is 11.8 Å². The molecule has 0 aliphatic carbocycles. The smallest absolute Gasteiger partial charge is 0.337 e. The third-order valence-electron chi connectivity index (χ3n) is 3.38. The minimum atomic E-state index is -1.05. The van der Waals surface area contributed by atoms with Crippen LogP contribution in [-0.4, -0.2) is 34.2 Å². The fourth-order valence-electron chi connectivity index (χ4n) is 2.21. The van der Waals surface area contributed by atoms with Crippen LogP contribution in [0.5, 0.6) is 0 Å². The summed E-state index contributed by atoms with van der Waals surface area (Å²) < 4.78 is 0.893. The zero-order chi connectivity index (χ0) is 15.5. The minimum Gasteiger partial charge on any atom is -0.478 e. The maximum absolute atomic E-state index is 11.9. The molecule has 21 heavy (non-hydrogen) atoms. The van der Waals surface area contributed by atoms with Crippen molar-refractivity contribution in [3.05, 3.63) is 27.3 Å². The molecule has 3 N–H and O–H groups in total. The highest BCUT2D eigenvalue weighted by Crippen LogP contribution is 2.36. The molecule has 0 aromatic heterocycles. The number of urea groups is 1. The summed E-state index contributed by atoms with van der Waals surface area (Å²) in [5, 5.41) is 14.6. The summed E-state index contributed by atoms with van der Waals surface area (Å²) in [7, 11) is 0. The Bertz CT molecular complexity index is 559. The highest BCUT2D eigenvalue weighted by atomic mass is 127. The van der Waals surface area contributed by atoms with Crippen LogP contribution in [0.4, 0.5) is 10.5 Å². The summed E-state index contributed by atoms with van der Waals surface area (Å²) in [6.07, 6.45) is 2.26. The van der Waals surface area contributed by atoms with E-state index in [0.29, 0.717) is 12.2 Å². The molecule has 5 nitrogen and oxygen atoms in total. The molecule has 0 saturated carbocycles. The molecule has 1 unspecified atom stereocenters. The Hall–Kier alpha value is -0.960. The largest absolute Gasteiger partial charge is 0.478 e. The molecule has 7 heteroatoms. The van der Waals surface area contributed by atoms with Gasteiger partial charge in [0, 0.05) is 14.9 Å². The molecule has 0 bridgehead atoms. The van der Waals surface area contributed by atoms with Crippen molar-refractivity contribution in [3.63, 3.8) is 0 Å². The number of hydrogen-bond donors (Lipinski definition) is 3. The average Bonchev–Trinajstić information content (AvgIpc) is 2.86. The number of anilines is 1. The Kier molecular flexibility index (Phi) is 5.37. The molecule has 1 aromatic carbocycles. The van der Waals surface area contributed by atoms with Gasteiger partial charge in [0.2, 0.25) is 0 Å². The molecule has 0 radical (unpaired) electrons. The number of amides is 2. The van der Waals surface area contributed by atoms with Crippen LogP contribution < -0.4 is 10.6 Å². The van der Waals surface area contributed by atoms with Crippen molar-refractivity contribution in [2.24, 2.45) is 0 Å². The van der Waals surface area contributed by atoms with E-state index in [-0.39, 0.29) is 16.3 Å². The fraction of sp³-hybridized carbons (Fsp3) is 0.429. The minimum absolute atomic E-state index is 0.0824. The molecule has 0 spiro atoms. The van der Waals surface area contributed by atoms with Crippen molar-refractivity contribution in [2.45, 2.75) is 24.5 Å². The third kappa shape index (κ3) is 4.50. The number of aromatic carboxylic acids is 1. The van der Waals surface area contributed by atoms with Crippen LogP contribution >= 0.6 is 34.4 Å². The van der Waals surface area contributed by atoms with Crippen molar-refractivity contribution in [1.82, 2.24) is 5.32 Å². The molecular formula is C14H17IN2O3S. The first kappa shape index (κ1) is 16.4. The molecule has 1 fully saturated rings. The van der Waals surface area contributed by atoms with Crippen LogP contribution in [0.3, 0.4) is 0 Å². The molecule has 1 saturated heterocycles. The Morgan fingerprint density at radius 3 is 2.86 bits per heavy atom. The highest BCUT2D eigenvalue weighted by Gasteiger charge is 2.29. The van der Waals surface area contributed by atoms with Crippen LogP contribution in [0.1, 0.15) is 30.1 Å². The monoisotopic (exact) mass is 420 g/mol. The van der Waals surface area contributed by atoms with Crippen LogP contribution in [0, 0.1) is 3.57 Å². The lowest BCUT2D eigenvalue weighted by molar-refractivity contribution is 0.0698. The van der Waals surface area contributed by atoms with Gasteiger partial charge in [0.1, 0.15) is 0 Å². The SMILES string of the molecule is CC1(CNC(=O)Nc2ccc(I)cc2C(=O)O)CCCS1. The van der Waals surface area contributed by atoms with Crippen LogP contribution in [0.15, 0.2) is 18.2 Å². The number of halogens is 1. The second-order valence-electron chi connectivity index (χ2n) is 5.20.